The summed E-state index contributed by atoms with van der Waals surface area (Å²) in [5.74, 6) is 0.125. The lowest BCUT2D eigenvalue weighted by atomic mass is 10.0. The fourth-order valence-corrected chi connectivity index (χ4v) is 5.01. The Morgan fingerprint density at radius 2 is 1.84 bits per heavy atom. The van der Waals surface area contributed by atoms with Crippen LogP contribution in [-0.4, -0.2) is 64.2 Å². The molecule has 0 unspecified atom stereocenters. The van der Waals surface area contributed by atoms with E-state index in [2.05, 4.69) is 39.8 Å². The van der Waals surface area contributed by atoms with E-state index < -0.39 is 6.09 Å². The summed E-state index contributed by atoms with van der Waals surface area (Å²) in [7, 11) is 2.03. The molecule has 3 heterocycles. The number of anilines is 1. The molecule has 7 heteroatoms. The van der Waals surface area contributed by atoms with Gasteiger partial charge in [0.2, 0.25) is 5.91 Å². The summed E-state index contributed by atoms with van der Waals surface area (Å²) >= 11 is 0. The Bertz CT molecular complexity index is 1170. The number of hydrogen-bond donors (Lipinski definition) is 1. The van der Waals surface area contributed by atoms with Gasteiger partial charge in [-0.3, -0.25) is 9.69 Å². The predicted octanol–water partition coefficient (Wildman–Crippen LogP) is 3.11. The van der Waals surface area contributed by atoms with Crippen LogP contribution in [0.3, 0.4) is 0 Å². The van der Waals surface area contributed by atoms with Gasteiger partial charge in [0.15, 0.2) is 0 Å². The Hall–Kier alpha value is -3.32. The van der Waals surface area contributed by atoms with Gasteiger partial charge in [-0.1, -0.05) is 36.4 Å². The summed E-state index contributed by atoms with van der Waals surface area (Å²) in [5, 5.41) is 10.5. The van der Waals surface area contributed by atoms with E-state index in [0.717, 1.165) is 41.7 Å². The molecule has 166 valence electrons. The molecule has 2 aromatic carbocycles. The molecule has 1 saturated heterocycles. The lowest BCUT2D eigenvalue weighted by Crippen LogP contribution is -2.50. The van der Waals surface area contributed by atoms with Gasteiger partial charge < -0.3 is 19.5 Å². The smallest absolute Gasteiger partial charge is 0.407 e. The number of carbonyl (C=O) groups is 2. The Kier molecular flexibility index (Phi) is 5.35. The van der Waals surface area contributed by atoms with E-state index in [9.17, 15) is 14.7 Å². The first-order valence-corrected chi connectivity index (χ1v) is 11.2. The van der Waals surface area contributed by atoms with E-state index in [4.69, 9.17) is 0 Å². The van der Waals surface area contributed by atoms with Crippen molar-refractivity contribution in [3.05, 3.63) is 65.4 Å². The molecular formula is C25H28N4O3. The summed E-state index contributed by atoms with van der Waals surface area (Å²) in [6.45, 7) is 3.78. The van der Waals surface area contributed by atoms with Crippen LogP contribution in [0, 0.1) is 0 Å². The van der Waals surface area contributed by atoms with Crippen molar-refractivity contribution in [3.63, 3.8) is 0 Å². The third-order valence-corrected chi connectivity index (χ3v) is 6.83. The third-order valence-electron chi connectivity index (χ3n) is 6.83. The van der Waals surface area contributed by atoms with Gasteiger partial charge in [-0.2, -0.15) is 0 Å². The van der Waals surface area contributed by atoms with Crippen molar-refractivity contribution in [1.82, 2.24) is 14.4 Å². The average Bonchev–Trinajstić information content (AvgIpc) is 3.09. The summed E-state index contributed by atoms with van der Waals surface area (Å²) in [6, 6.07) is 16.5. The highest BCUT2D eigenvalue weighted by Crippen LogP contribution is 2.33. The lowest BCUT2D eigenvalue weighted by Gasteiger charge is -2.34. The second kappa shape index (κ2) is 8.31. The van der Waals surface area contributed by atoms with Crippen molar-refractivity contribution in [2.24, 2.45) is 7.05 Å². The standard InChI is InChI=1S/C25H28N4O3/c1-26-22-10-12-28(25(31)32)16-21(22)20-8-7-19(15-23(20)26)29-14-13-27(17-24(29)30)11-9-18-5-3-2-4-6-18/h2-8,15H,9-14,16-17H2,1H3,(H,31,32). The molecule has 32 heavy (non-hydrogen) atoms. The van der Waals surface area contributed by atoms with Crippen molar-refractivity contribution in [2.75, 3.05) is 37.6 Å². The number of carboxylic acid groups (broad SMARTS) is 1. The molecule has 0 bridgehead atoms. The molecule has 0 atom stereocenters. The van der Waals surface area contributed by atoms with Crippen LogP contribution in [0.25, 0.3) is 10.9 Å². The summed E-state index contributed by atoms with van der Waals surface area (Å²) in [6.07, 6.45) is 0.781. The second-order valence-corrected chi connectivity index (χ2v) is 8.70. The van der Waals surface area contributed by atoms with Crippen molar-refractivity contribution in [3.8, 4) is 0 Å². The number of aromatic nitrogens is 1. The van der Waals surface area contributed by atoms with E-state index >= 15 is 0 Å². The maximum Gasteiger partial charge on any atom is 0.407 e. The molecule has 0 aliphatic carbocycles. The number of nitrogens with zero attached hydrogens (tertiary/aromatic N) is 4. The van der Waals surface area contributed by atoms with Crippen LogP contribution in [0.5, 0.6) is 0 Å². The quantitative estimate of drug-likeness (QED) is 0.688. The number of fused-ring (bicyclic) bond motifs is 3. The lowest BCUT2D eigenvalue weighted by molar-refractivity contribution is -0.121. The number of hydrogen-bond acceptors (Lipinski definition) is 3. The maximum atomic E-state index is 13.0. The summed E-state index contributed by atoms with van der Waals surface area (Å²) in [5.41, 5.74) is 5.53. The molecule has 0 spiro atoms. The van der Waals surface area contributed by atoms with E-state index in [1.165, 1.54) is 16.2 Å². The predicted molar refractivity (Wildman–Crippen MR) is 124 cm³/mol. The largest absolute Gasteiger partial charge is 0.465 e. The fourth-order valence-electron chi connectivity index (χ4n) is 5.01. The zero-order valence-electron chi connectivity index (χ0n) is 18.3. The molecule has 1 aromatic heterocycles. The zero-order chi connectivity index (χ0) is 22.2. The van der Waals surface area contributed by atoms with E-state index in [0.29, 0.717) is 32.6 Å². The van der Waals surface area contributed by atoms with Crippen LogP contribution in [0.1, 0.15) is 16.8 Å². The topological polar surface area (TPSA) is 69.0 Å². The van der Waals surface area contributed by atoms with Crippen LogP contribution < -0.4 is 4.90 Å². The molecule has 3 aromatic rings. The molecule has 0 saturated carbocycles. The van der Waals surface area contributed by atoms with E-state index in [1.807, 2.05) is 30.1 Å². The fraction of sp³-hybridized carbons (Fsp3) is 0.360. The maximum absolute atomic E-state index is 13.0. The van der Waals surface area contributed by atoms with Gasteiger partial charge in [-0.15, -0.1) is 0 Å². The number of carbonyl (C=O) groups excluding carboxylic acids is 1. The molecule has 2 amide bonds. The van der Waals surface area contributed by atoms with Crippen molar-refractivity contribution >= 4 is 28.6 Å². The Labute approximate surface area is 187 Å². The summed E-state index contributed by atoms with van der Waals surface area (Å²) in [4.78, 5) is 30.0. The number of amides is 2. The average molecular weight is 433 g/mol. The van der Waals surface area contributed by atoms with Gasteiger partial charge >= 0.3 is 6.09 Å². The molecule has 7 nitrogen and oxygen atoms in total. The van der Waals surface area contributed by atoms with E-state index in [1.54, 1.807) is 0 Å². The van der Waals surface area contributed by atoms with Crippen LogP contribution in [0.2, 0.25) is 0 Å². The van der Waals surface area contributed by atoms with Crippen molar-refractivity contribution in [2.45, 2.75) is 19.4 Å². The van der Waals surface area contributed by atoms with Gasteiger partial charge in [0.1, 0.15) is 0 Å². The minimum Gasteiger partial charge on any atom is -0.465 e. The highest BCUT2D eigenvalue weighted by Gasteiger charge is 2.28. The monoisotopic (exact) mass is 432 g/mol. The number of piperazine rings is 1. The molecular weight excluding hydrogens is 404 g/mol. The first kappa shape index (κ1) is 20.6. The van der Waals surface area contributed by atoms with Gasteiger partial charge in [0.05, 0.1) is 18.6 Å². The zero-order valence-corrected chi connectivity index (χ0v) is 18.3. The molecule has 5 rings (SSSR count). The molecule has 1 fully saturated rings. The van der Waals surface area contributed by atoms with Crippen LogP contribution in [0.15, 0.2) is 48.5 Å². The summed E-state index contributed by atoms with van der Waals surface area (Å²) < 4.78 is 2.16. The van der Waals surface area contributed by atoms with Crippen molar-refractivity contribution in [1.29, 1.82) is 0 Å². The third kappa shape index (κ3) is 3.73. The molecule has 1 N–H and O–H groups in total. The number of benzene rings is 2. The number of rotatable bonds is 4. The van der Waals surface area contributed by atoms with Gasteiger partial charge in [-0.25, -0.2) is 4.79 Å². The Balaban J connectivity index is 1.32. The number of aryl methyl sites for hydroxylation is 1. The van der Waals surface area contributed by atoms with Gasteiger partial charge in [-0.05, 0) is 24.1 Å². The highest BCUT2D eigenvalue weighted by atomic mass is 16.4. The Morgan fingerprint density at radius 1 is 1.03 bits per heavy atom. The van der Waals surface area contributed by atoms with Crippen molar-refractivity contribution < 1.29 is 14.7 Å². The highest BCUT2D eigenvalue weighted by molar-refractivity contribution is 5.98. The normalized spacial score (nSPS) is 17.1. The van der Waals surface area contributed by atoms with Gasteiger partial charge in [0, 0.05) is 62.0 Å². The van der Waals surface area contributed by atoms with Crippen LogP contribution in [-0.2, 0) is 31.2 Å². The van der Waals surface area contributed by atoms with Crippen LogP contribution >= 0.6 is 0 Å². The molecule has 2 aliphatic heterocycles. The second-order valence-electron chi connectivity index (χ2n) is 8.70. The minimum absolute atomic E-state index is 0.125. The molecule has 2 aliphatic rings. The van der Waals surface area contributed by atoms with Crippen LogP contribution in [0.4, 0.5) is 10.5 Å². The minimum atomic E-state index is -0.875. The first-order chi connectivity index (χ1) is 15.5. The van der Waals surface area contributed by atoms with Gasteiger partial charge in [0.25, 0.3) is 0 Å². The van der Waals surface area contributed by atoms with E-state index in [-0.39, 0.29) is 5.91 Å². The SMILES string of the molecule is Cn1c2c(c3ccc(N4CCN(CCc5ccccc5)CC4=O)cc31)CN(C(=O)O)CC2. The Morgan fingerprint density at radius 3 is 2.59 bits per heavy atom. The molecule has 0 radical (unpaired) electrons. The first-order valence-electron chi connectivity index (χ1n) is 11.2.